The quantitative estimate of drug-likeness (QED) is 0.189. The van der Waals surface area contributed by atoms with Crippen molar-refractivity contribution in [2.75, 3.05) is 0 Å². The Labute approximate surface area is 248 Å². The summed E-state index contributed by atoms with van der Waals surface area (Å²) < 4.78 is 62.2. The lowest BCUT2D eigenvalue weighted by molar-refractivity contribution is -0.207. The molecule has 0 radical (unpaired) electrons. The van der Waals surface area contributed by atoms with Gasteiger partial charge in [0.25, 0.3) is 0 Å². The normalized spacial score (nSPS) is 13.3. The maximum absolute atomic E-state index is 14.1. The number of ether oxygens (including phenoxy) is 1. The highest BCUT2D eigenvalue weighted by molar-refractivity contribution is 9.10. The number of aromatic nitrogens is 5. The number of esters is 1. The zero-order valence-electron chi connectivity index (χ0n) is 21.2. The number of imidazole rings is 1. The molecule has 218 valence electrons. The lowest BCUT2D eigenvalue weighted by Gasteiger charge is -2.16. The van der Waals surface area contributed by atoms with E-state index in [1.807, 2.05) is 0 Å². The standard InChI is InChI=1S/C25H20BrCl2F4N5O4/c1-12(41-13(2)38)23-33-20(34-37(23)18-8-16(28)7-17(29)9-18)11-36-22(26)21(14-3-5-15(27)6-4-14)35(24(36)40)10-19(39)25(30,31)32/h3-9,12,19,39H,10-11H2,1-2H3/t12-,19-/m0/s1. The summed E-state index contributed by atoms with van der Waals surface area (Å²) in [5.41, 5.74) is -0.393. The molecule has 2 heterocycles. The summed E-state index contributed by atoms with van der Waals surface area (Å²) >= 11 is 15.3. The van der Waals surface area contributed by atoms with Gasteiger partial charge >= 0.3 is 17.8 Å². The van der Waals surface area contributed by atoms with Crippen LogP contribution in [0.1, 0.15) is 31.6 Å². The van der Waals surface area contributed by atoms with Gasteiger partial charge in [0.05, 0.1) is 24.5 Å². The number of aliphatic hydroxyl groups excluding tert-OH is 1. The molecule has 2 aromatic carbocycles. The Hall–Kier alpha value is -3.20. The lowest BCUT2D eigenvalue weighted by Crippen LogP contribution is -2.37. The molecule has 0 amide bonds. The van der Waals surface area contributed by atoms with E-state index in [1.165, 1.54) is 48.9 Å². The molecule has 0 bridgehead atoms. The van der Waals surface area contributed by atoms with Crippen LogP contribution in [0.15, 0.2) is 51.9 Å². The van der Waals surface area contributed by atoms with Gasteiger partial charge in [-0.3, -0.25) is 13.9 Å². The Balaban J connectivity index is 1.85. The number of carbonyl (C=O) groups excluding carboxylic acids is 1. The number of aliphatic hydroxyl groups is 1. The van der Waals surface area contributed by atoms with Gasteiger partial charge < -0.3 is 9.84 Å². The third kappa shape index (κ3) is 6.83. The van der Waals surface area contributed by atoms with Gasteiger partial charge in [0.15, 0.2) is 23.9 Å². The summed E-state index contributed by atoms with van der Waals surface area (Å²) in [6, 6.07) is 9.57. The average Bonchev–Trinajstić information content (AvgIpc) is 3.39. The zero-order valence-corrected chi connectivity index (χ0v) is 24.3. The zero-order chi connectivity index (χ0) is 30.2. The number of carbonyl (C=O) groups is 1. The van der Waals surface area contributed by atoms with Crippen LogP contribution in [-0.2, 0) is 22.6 Å². The van der Waals surface area contributed by atoms with Crippen LogP contribution in [-0.4, -0.2) is 47.3 Å². The first-order valence-corrected chi connectivity index (χ1v) is 13.3. The van der Waals surface area contributed by atoms with E-state index < -0.39 is 42.4 Å². The molecule has 0 unspecified atom stereocenters. The molecular formula is C25H20BrCl2F4N5O4. The van der Waals surface area contributed by atoms with Gasteiger partial charge in [0.2, 0.25) is 0 Å². The van der Waals surface area contributed by atoms with Crippen LogP contribution in [0, 0.1) is 5.82 Å². The summed E-state index contributed by atoms with van der Waals surface area (Å²) in [6.07, 6.45) is -8.79. The number of nitrogens with zero attached hydrogens (tertiary/aromatic N) is 5. The van der Waals surface area contributed by atoms with E-state index in [9.17, 15) is 32.3 Å². The van der Waals surface area contributed by atoms with Crippen molar-refractivity contribution in [3.05, 3.63) is 85.1 Å². The van der Waals surface area contributed by atoms with Gasteiger partial charge in [0.1, 0.15) is 10.4 Å². The van der Waals surface area contributed by atoms with Crippen molar-refractivity contribution >= 4 is 45.1 Å². The molecule has 16 heteroatoms. The van der Waals surface area contributed by atoms with Gasteiger partial charge in [0, 0.05) is 22.5 Å². The summed E-state index contributed by atoms with van der Waals surface area (Å²) in [6.45, 7) is 1.22. The maximum Gasteiger partial charge on any atom is 0.416 e. The van der Waals surface area contributed by atoms with Crippen molar-refractivity contribution in [1.29, 1.82) is 0 Å². The molecule has 2 atom stereocenters. The Morgan fingerprint density at radius 2 is 1.78 bits per heavy atom. The molecule has 41 heavy (non-hydrogen) atoms. The van der Waals surface area contributed by atoms with Gasteiger partial charge in [-0.25, -0.2) is 18.9 Å². The second-order valence-electron chi connectivity index (χ2n) is 8.86. The third-order valence-electron chi connectivity index (χ3n) is 5.79. The summed E-state index contributed by atoms with van der Waals surface area (Å²) in [5.74, 6) is -1.27. The predicted molar refractivity (Wildman–Crippen MR) is 145 cm³/mol. The highest BCUT2D eigenvalue weighted by atomic mass is 79.9. The van der Waals surface area contributed by atoms with Crippen LogP contribution >= 0.6 is 39.1 Å². The van der Waals surface area contributed by atoms with E-state index in [2.05, 4.69) is 26.0 Å². The molecule has 0 aliphatic carbocycles. The van der Waals surface area contributed by atoms with Crippen LogP contribution in [0.2, 0.25) is 10.0 Å². The lowest BCUT2D eigenvalue weighted by atomic mass is 10.1. The van der Waals surface area contributed by atoms with Crippen molar-refractivity contribution in [1.82, 2.24) is 23.9 Å². The van der Waals surface area contributed by atoms with Gasteiger partial charge in [-0.1, -0.05) is 35.3 Å². The largest absolute Gasteiger partial charge is 0.455 e. The second kappa shape index (κ2) is 12.0. The molecule has 0 saturated heterocycles. The molecule has 9 nitrogen and oxygen atoms in total. The van der Waals surface area contributed by atoms with Crippen LogP contribution in [0.3, 0.4) is 0 Å². The minimum absolute atomic E-state index is 0.0293. The SMILES string of the molecule is CC(=O)O[C@@H](C)c1nc(Cn2c(Br)c(-c3ccc(Cl)cc3)n(C[C@H](O)C(F)(F)F)c2=O)nn1-c1cc(F)cc(Cl)c1. The Bertz CT molecular complexity index is 1630. The predicted octanol–water partition coefficient (Wildman–Crippen LogP) is 5.70. The fourth-order valence-corrected chi connectivity index (χ4v) is 5.09. The van der Waals surface area contributed by atoms with Gasteiger partial charge in [-0.05, 0) is 53.2 Å². The minimum Gasteiger partial charge on any atom is -0.455 e. The monoisotopic (exact) mass is 679 g/mol. The first-order valence-electron chi connectivity index (χ1n) is 11.7. The Morgan fingerprint density at radius 3 is 2.37 bits per heavy atom. The topological polar surface area (TPSA) is 104 Å². The Morgan fingerprint density at radius 1 is 1.12 bits per heavy atom. The number of hydrogen-bond donors (Lipinski definition) is 1. The van der Waals surface area contributed by atoms with Crippen molar-refractivity contribution in [2.24, 2.45) is 0 Å². The third-order valence-corrected chi connectivity index (χ3v) is 7.06. The smallest absolute Gasteiger partial charge is 0.416 e. The van der Waals surface area contributed by atoms with E-state index in [0.717, 1.165) is 21.3 Å². The maximum atomic E-state index is 14.1. The molecule has 0 saturated carbocycles. The van der Waals surface area contributed by atoms with Crippen LogP contribution in [0.4, 0.5) is 17.6 Å². The highest BCUT2D eigenvalue weighted by Gasteiger charge is 2.39. The Kier molecular flexibility index (Phi) is 8.97. The molecule has 0 spiro atoms. The van der Waals surface area contributed by atoms with E-state index in [1.54, 1.807) is 0 Å². The fraction of sp³-hybridized carbons (Fsp3) is 0.280. The van der Waals surface area contributed by atoms with Crippen molar-refractivity contribution < 1.29 is 32.2 Å². The molecule has 0 fully saturated rings. The van der Waals surface area contributed by atoms with E-state index in [4.69, 9.17) is 27.9 Å². The summed E-state index contributed by atoms with van der Waals surface area (Å²) in [5, 5.41) is 14.5. The van der Waals surface area contributed by atoms with Crippen molar-refractivity contribution in [3.8, 4) is 16.9 Å². The number of alkyl halides is 3. The first-order chi connectivity index (χ1) is 19.1. The van der Waals surface area contributed by atoms with E-state index in [0.29, 0.717) is 10.6 Å². The molecular weight excluding hydrogens is 661 g/mol. The fourth-order valence-electron chi connectivity index (χ4n) is 4.02. The van der Waals surface area contributed by atoms with E-state index >= 15 is 0 Å². The number of rotatable bonds is 8. The minimum atomic E-state index is -4.99. The van der Waals surface area contributed by atoms with E-state index in [-0.39, 0.29) is 39.2 Å². The number of benzene rings is 2. The molecule has 2 aromatic heterocycles. The molecule has 1 N–H and O–H groups in total. The first kappa shape index (κ1) is 30.8. The molecule has 4 rings (SSSR count). The molecule has 4 aromatic rings. The van der Waals surface area contributed by atoms with Gasteiger partial charge in [-0.2, -0.15) is 13.2 Å². The number of hydrogen-bond acceptors (Lipinski definition) is 6. The van der Waals surface area contributed by atoms with Gasteiger partial charge in [-0.15, -0.1) is 5.10 Å². The average molecular weight is 681 g/mol. The summed E-state index contributed by atoms with van der Waals surface area (Å²) in [4.78, 5) is 29.4. The van der Waals surface area contributed by atoms with Crippen molar-refractivity contribution in [2.45, 2.75) is 45.3 Å². The molecule has 0 aliphatic heterocycles. The van der Waals surface area contributed by atoms with Crippen LogP contribution in [0.25, 0.3) is 16.9 Å². The second-order valence-corrected chi connectivity index (χ2v) is 10.5. The summed E-state index contributed by atoms with van der Waals surface area (Å²) in [7, 11) is 0. The van der Waals surface area contributed by atoms with Crippen molar-refractivity contribution in [3.63, 3.8) is 0 Å². The molecule has 0 aliphatic rings. The number of halogens is 7. The van der Waals surface area contributed by atoms with Crippen LogP contribution in [0.5, 0.6) is 0 Å². The highest BCUT2D eigenvalue weighted by Crippen LogP contribution is 2.31. The van der Waals surface area contributed by atoms with Crippen LogP contribution < -0.4 is 5.69 Å².